The molecule has 1 heterocycles. The van der Waals surface area contributed by atoms with Gasteiger partial charge in [0.1, 0.15) is 12.4 Å². The van der Waals surface area contributed by atoms with Crippen LogP contribution in [0.25, 0.3) is 0 Å². The minimum absolute atomic E-state index is 0.306. The fourth-order valence-corrected chi connectivity index (χ4v) is 3.22. The number of esters is 1. The summed E-state index contributed by atoms with van der Waals surface area (Å²) in [7, 11) is 3.08. The molecule has 174 valence electrons. The number of aryl methyl sites for hydroxylation is 2. The van der Waals surface area contributed by atoms with E-state index in [1.165, 1.54) is 13.3 Å². The Kier molecular flexibility index (Phi) is 7.95. The summed E-state index contributed by atoms with van der Waals surface area (Å²) in [6, 6.07) is 12.9. The Balaban J connectivity index is 1.88. The van der Waals surface area contributed by atoms with Crippen molar-refractivity contribution in [1.82, 2.24) is 9.78 Å². The number of oxime groups is 1. The number of aromatic nitrogens is 2. The molecule has 0 aliphatic rings. The van der Waals surface area contributed by atoms with Crippen molar-refractivity contribution in [3.63, 3.8) is 0 Å². The van der Waals surface area contributed by atoms with Crippen molar-refractivity contribution < 1.29 is 23.8 Å². The molecule has 1 atom stereocenters. The molecule has 0 saturated heterocycles. The fourth-order valence-electron chi connectivity index (χ4n) is 3.01. The van der Waals surface area contributed by atoms with E-state index in [1.807, 2.05) is 44.2 Å². The zero-order valence-electron chi connectivity index (χ0n) is 19.2. The molecule has 0 unspecified atom stereocenters. The standard InChI is InChI=1S/C24H26ClN3O5/c1-15-16(2)27-28(4)23(15)33-22-12-21(32-17(3)24(29)30-5)19(11-20(22)25)13-26-31-14-18-9-7-6-8-10-18/h6-13,17H,14H2,1-5H3/b26-13-/t17-/m0/s1. The molecule has 0 aliphatic heterocycles. The van der Waals surface area contributed by atoms with Crippen molar-refractivity contribution in [3.8, 4) is 17.4 Å². The van der Waals surface area contributed by atoms with Crippen LogP contribution in [0.3, 0.4) is 0 Å². The second-order valence-electron chi connectivity index (χ2n) is 7.34. The first kappa shape index (κ1) is 24.1. The van der Waals surface area contributed by atoms with Gasteiger partial charge in [0.2, 0.25) is 5.88 Å². The summed E-state index contributed by atoms with van der Waals surface area (Å²) in [6.07, 6.45) is 0.610. The van der Waals surface area contributed by atoms with E-state index < -0.39 is 12.1 Å². The normalized spacial score (nSPS) is 11.9. The molecule has 0 spiro atoms. The molecule has 0 aliphatic carbocycles. The summed E-state index contributed by atoms with van der Waals surface area (Å²) in [5, 5.41) is 8.70. The van der Waals surface area contributed by atoms with Crippen molar-refractivity contribution in [2.75, 3.05) is 7.11 Å². The highest BCUT2D eigenvalue weighted by molar-refractivity contribution is 6.32. The Morgan fingerprint density at radius 1 is 1.21 bits per heavy atom. The van der Waals surface area contributed by atoms with E-state index in [0.29, 0.717) is 34.6 Å². The molecule has 0 N–H and O–H groups in total. The average Bonchev–Trinajstić information content (AvgIpc) is 3.05. The number of methoxy groups -OCH3 is 1. The van der Waals surface area contributed by atoms with Crippen molar-refractivity contribution in [2.24, 2.45) is 12.2 Å². The highest BCUT2D eigenvalue weighted by atomic mass is 35.5. The lowest BCUT2D eigenvalue weighted by molar-refractivity contribution is -0.147. The zero-order valence-corrected chi connectivity index (χ0v) is 19.9. The highest BCUT2D eigenvalue weighted by Crippen LogP contribution is 2.37. The van der Waals surface area contributed by atoms with Crippen LogP contribution in [-0.2, 0) is 28.0 Å². The Morgan fingerprint density at radius 2 is 1.94 bits per heavy atom. The molecular weight excluding hydrogens is 446 g/mol. The van der Waals surface area contributed by atoms with Crippen LogP contribution in [0.15, 0.2) is 47.6 Å². The molecule has 2 aromatic carbocycles. The summed E-state index contributed by atoms with van der Waals surface area (Å²) >= 11 is 6.49. The van der Waals surface area contributed by atoms with Gasteiger partial charge in [-0.25, -0.2) is 9.48 Å². The minimum atomic E-state index is -0.859. The molecule has 0 fully saturated rings. The van der Waals surface area contributed by atoms with Crippen LogP contribution in [0.2, 0.25) is 5.02 Å². The van der Waals surface area contributed by atoms with E-state index in [2.05, 4.69) is 10.3 Å². The second kappa shape index (κ2) is 10.9. The molecule has 0 saturated carbocycles. The fraction of sp³-hybridized carbons (Fsp3) is 0.292. The lowest BCUT2D eigenvalue weighted by Crippen LogP contribution is -2.25. The Morgan fingerprint density at radius 3 is 2.58 bits per heavy atom. The zero-order chi connectivity index (χ0) is 24.0. The first-order chi connectivity index (χ1) is 15.8. The van der Waals surface area contributed by atoms with Gasteiger partial charge in [0.05, 0.1) is 24.0 Å². The van der Waals surface area contributed by atoms with Crippen LogP contribution in [0, 0.1) is 13.8 Å². The molecule has 0 amide bonds. The van der Waals surface area contributed by atoms with E-state index in [1.54, 1.807) is 30.8 Å². The average molecular weight is 472 g/mol. The molecule has 9 heteroatoms. The van der Waals surface area contributed by atoms with Crippen molar-refractivity contribution in [2.45, 2.75) is 33.5 Å². The number of ether oxygens (including phenoxy) is 3. The van der Waals surface area contributed by atoms with Crippen molar-refractivity contribution in [3.05, 3.63) is 69.9 Å². The number of rotatable bonds is 9. The maximum atomic E-state index is 11.9. The van der Waals surface area contributed by atoms with Crippen LogP contribution in [0.1, 0.15) is 29.3 Å². The van der Waals surface area contributed by atoms with Gasteiger partial charge in [-0.05, 0) is 32.4 Å². The van der Waals surface area contributed by atoms with Gasteiger partial charge in [-0.1, -0.05) is 47.1 Å². The maximum absolute atomic E-state index is 11.9. The first-order valence-corrected chi connectivity index (χ1v) is 10.6. The molecule has 1 aromatic heterocycles. The van der Waals surface area contributed by atoms with E-state index >= 15 is 0 Å². The molecule has 0 bridgehead atoms. The van der Waals surface area contributed by atoms with E-state index in [9.17, 15) is 4.79 Å². The van der Waals surface area contributed by atoms with Crippen LogP contribution < -0.4 is 9.47 Å². The quantitative estimate of drug-likeness (QED) is 0.249. The SMILES string of the molecule is COC(=O)[C@H](C)Oc1cc(Oc2c(C)c(C)nn2C)c(Cl)cc1/C=N\OCc1ccccc1. The number of hydrogen-bond acceptors (Lipinski definition) is 7. The summed E-state index contributed by atoms with van der Waals surface area (Å²) in [6.45, 7) is 5.70. The summed E-state index contributed by atoms with van der Waals surface area (Å²) < 4.78 is 18.3. The summed E-state index contributed by atoms with van der Waals surface area (Å²) in [5.41, 5.74) is 3.22. The molecular formula is C24H26ClN3O5. The predicted octanol–water partition coefficient (Wildman–Crippen LogP) is 4.97. The first-order valence-electron chi connectivity index (χ1n) is 10.3. The highest BCUT2D eigenvalue weighted by Gasteiger charge is 2.20. The van der Waals surface area contributed by atoms with E-state index in [4.69, 9.17) is 30.6 Å². The third-order valence-corrected chi connectivity index (χ3v) is 5.20. The number of hydrogen-bond donors (Lipinski definition) is 0. The summed E-state index contributed by atoms with van der Waals surface area (Å²) in [5.74, 6) is 0.704. The topological polar surface area (TPSA) is 84.2 Å². The molecule has 3 aromatic rings. The third-order valence-electron chi connectivity index (χ3n) is 4.91. The number of nitrogens with zero attached hydrogens (tertiary/aromatic N) is 3. The van der Waals surface area contributed by atoms with Crippen molar-refractivity contribution in [1.29, 1.82) is 0 Å². The smallest absolute Gasteiger partial charge is 0.346 e. The Labute approximate surface area is 197 Å². The number of carbonyl (C=O) groups excluding carboxylic acids is 1. The monoisotopic (exact) mass is 471 g/mol. The van der Waals surface area contributed by atoms with Gasteiger partial charge >= 0.3 is 5.97 Å². The molecule has 33 heavy (non-hydrogen) atoms. The van der Waals surface area contributed by atoms with Crippen molar-refractivity contribution >= 4 is 23.8 Å². The second-order valence-corrected chi connectivity index (χ2v) is 7.75. The molecule has 8 nitrogen and oxygen atoms in total. The van der Waals surface area contributed by atoms with Gasteiger partial charge in [-0.2, -0.15) is 5.10 Å². The lowest BCUT2D eigenvalue weighted by atomic mass is 10.2. The maximum Gasteiger partial charge on any atom is 0.346 e. The van der Waals surface area contributed by atoms with Gasteiger partial charge in [0, 0.05) is 24.2 Å². The van der Waals surface area contributed by atoms with E-state index in [0.717, 1.165) is 16.8 Å². The molecule has 0 radical (unpaired) electrons. The van der Waals surface area contributed by atoms with Gasteiger partial charge in [-0.15, -0.1) is 0 Å². The van der Waals surface area contributed by atoms with E-state index in [-0.39, 0.29) is 0 Å². The third kappa shape index (κ3) is 6.04. The number of benzene rings is 2. The van der Waals surface area contributed by atoms with Crippen LogP contribution >= 0.6 is 11.6 Å². The molecule has 3 rings (SSSR count). The number of halogens is 1. The summed E-state index contributed by atoms with van der Waals surface area (Å²) in [4.78, 5) is 17.3. The van der Waals surface area contributed by atoms with Gasteiger partial charge < -0.3 is 19.0 Å². The lowest BCUT2D eigenvalue weighted by Gasteiger charge is -2.17. The minimum Gasteiger partial charge on any atom is -0.478 e. The van der Waals surface area contributed by atoms with Gasteiger partial charge in [-0.3, -0.25) is 0 Å². The van der Waals surface area contributed by atoms with Crippen LogP contribution in [0.5, 0.6) is 17.4 Å². The van der Waals surface area contributed by atoms with Gasteiger partial charge in [0.25, 0.3) is 0 Å². The van der Waals surface area contributed by atoms with Crippen LogP contribution in [0.4, 0.5) is 0 Å². The van der Waals surface area contributed by atoms with Gasteiger partial charge in [0.15, 0.2) is 11.9 Å². The largest absolute Gasteiger partial charge is 0.478 e. The number of carbonyl (C=O) groups is 1. The Bertz CT molecular complexity index is 1140. The predicted molar refractivity (Wildman–Crippen MR) is 125 cm³/mol. The van der Waals surface area contributed by atoms with Crippen LogP contribution in [-0.4, -0.2) is 35.2 Å². The Hall–Kier alpha value is -3.52.